The summed E-state index contributed by atoms with van der Waals surface area (Å²) in [6.07, 6.45) is 8.56. The molecule has 3 aromatic rings. The topological polar surface area (TPSA) is 54.9 Å². The van der Waals surface area contributed by atoms with Gasteiger partial charge < -0.3 is 19.3 Å². The first kappa shape index (κ1) is 25.3. The quantitative estimate of drug-likeness (QED) is 0.375. The van der Waals surface area contributed by atoms with Crippen LogP contribution in [0.1, 0.15) is 64.6 Å². The zero-order chi connectivity index (χ0) is 25.8. The average Bonchev–Trinajstić information content (AvgIpc) is 2.95. The van der Waals surface area contributed by atoms with Crippen molar-refractivity contribution in [3.05, 3.63) is 83.2 Å². The van der Waals surface area contributed by atoms with Gasteiger partial charge in [0.2, 0.25) is 0 Å². The second-order valence-corrected chi connectivity index (χ2v) is 10.3. The summed E-state index contributed by atoms with van der Waals surface area (Å²) in [4.78, 5) is 21.0. The molecule has 0 bridgehead atoms. The van der Waals surface area contributed by atoms with Gasteiger partial charge in [0.15, 0.2) is 0 Å². The Morgan fingerprint density at radius 3 is 2.59 bits per heavy atom. The molecule has 5 rings (SSSR count). The lowest BCUT2D eigenvalue weighted by molar-refractivity contribution is 0.0599. The number of esters is 1. The Morgan fingerprint density at radius 2 is 1.84 bits per heavy atom. The summed E-state index contributed by atoms with van der Waals surface area (Å²) in [5, 5.41) is 0. The summed E-state index contributed by atoms with van der Waals surface area (Å²) in [6, 6.07) is 17.4. The van der Waals surface area contributed by atoms with Gasteiger partial charge in [-0.05, 0) is 105 Å². The first-order valence-electron chi connectivity index (χ1n) is 13.3. The maximum atomic E-state index is 12.1. The zero-order valence-corrected chi connectivity index (χ0v) is 22.2. The van der Waals surface area contributed by atoms with Gasteiger partial charge in [-0.2, -0.15) is 0 Å². The second-order valence-electron chi connectivity index (χ2n) is 10.3. The maximum Gasteiger partial charge on any atom is 0.338 e. The summed E-state index contributed by atoms with van der Waals surface area (Å²) < 4.78 is 11.0. The van der Waals surface area contributed by atoms with E-state index in [0.717, 1.165) is 36.3 Å². The van der Waals surface area contributed by atoms with Gasteiger partial charge in [0.1, 0.15) is 5.75 Å². The molecule has 0 saturated carbocycles. The predicted molar refractivity (Wildman–Crippen MR) is 147 cm³/mol. The lowest BCUT2D eigenvalue weighted by Crippen LogP contribution is -2.29. The SMILES string of the molecule is COC(=O)c1ccncc1CC[C@@H]1CCOc2cc(N(C)c3ccc(C4CCN(C)CC4)cc3)ccc21. The summed E-state index contributed by atoms with van der Waals surface area (Å²) in [7, 11) is 5.74. The van der Waals surface area contributed by atoms with Crippen molar-refractivity contribution in [3.63, 3.8) is 0 Å². The monoisotopic (exact) mass is 499 g/mol. The van der Waals surface area contributed by atoms with Crippen molar-refractivity contribution >= 4 is 17.3 Å². The zero-order valence-electron chi connectivity index (χ0n) is 22.2. The number of aryl methyl sites for hydroxylation is 1. The number of nitrogens with zero attached hydrogens (tertiary/aromatic N) is 3. The number of methoxy groups -OCH3 is 1. The van der Waals surface area contributed by atoms with Crippen LogP contribution in [0, 0.1) is 0 Å². The largest absolute Gasteiger partial charge is 0.493 e. The third-order valence-electron chi connectivity index (χ3n) is 8.09. The van der Waals surface area contributed by atoms with Crippen molar-refractivity contribution in [2.45, 2.75) is 43.9 Å². The Kier molecular flexibility index (Phi) is 7.75. The van der Waals surface area contributed by atoms with E-state index in [9.17, 15) is 4.79 Å². The Morgan fingerprint density at radius 1 is 1.08 bits per heavy atom. The number of fused-ring (bicyclic) bond motifs is 1. The lowest BCUT2D eigenvalue weighted by atomic mass is 9.87. The van der Waals surface area contributed by atoms with Crippen LogP contribution in [-0.4, -0.2) is 56.8 Å². The molecule has 1 aromatic heterocycles. The highest BCUT2D eigenvalue weighted by molar-refractivity contribution is 5.90. The molecular formula is C31H37N3O3. The molecule has 2 aliphatic heterocycles. The van der Waals surface area contributed by atoms with E-state index in [0.29, 0.717) is 24.0 Å². The molecule has 0 unspecified atom stereocenters. The molecule has 1 fully saturated rings. The van der Waals surface area contributed by atoms with Gasteiger partial charge >= 0.3 is 5.97 Å². The molecule has 1 saturated heterocycles. The van der Waals surface area contributed by atoms with Crippen molar-refractivity contribution < 1.29 is 14.3 Å². The highest BCUT2D eigenvalue weighted by Crippen LogP contribution is 2.40. The third-order valence-corrected chi connectivity index (χ3v) is 8.09. The van der Waals surface area contributed by atoms with Gasteiger partial charge in [0, 0.05) is 36.9 Å². The van der Waals surface area contributed by atoms with Crippen molar-refractivity contribution in [1.29, 1.82) is 0 Å². The molecule has 0 spiro atoms. The van der Waals surface area contributed by atoms with Crippen LogP contribution in [0.15, 0.2) is 60.9 Å². The van der Waals surface area contributed by atoms with Gasteiger partial charge in [-0.1, -0.05) is 18.2 Å². The second kappa shape index (κ2) is 11.3. The fourth-order valence-corrected chi connectivity index (χ4v) is 5.69. The minimum absolute atomic E-state index is 0.308. The molecule has 3 heterocycles. The van der Waals surface area contributed by atoms with Crippen LogP contribution >= 0.6 is 0 Å². The number of likely N-dealkylation sites (tertiary alicyclic amines) is 1. The minimum atomic E-state index is -0.308. The number of piperidine rings is 1. The van der Waals surface area contributed by atoms with Crippen LogP contribution in [0.4, 0.5) is 11.4 Å². The highest BCUT2D eigenvalue weighted by Gasteiger charge is 2.24. The Labute approximate surface area is 220 Å². The molecule has 6 nitrogen and oxygen atoms in total. The third kappa shape index (κ3) is 5.64. The fraction of sp³-hybridized carbons (Fsp3) is 0.419. The summed E-state index contributed by atoms with van der Waals surface area (Å²) in [5.74, 6) is 1.70. The number of carbonyl (C=O) groups excluding carboxylic acids is 1. The molecular weight excluding hydrogens is 462 g/mol. The van der Waals surface area contributed by atoms with E-state index in [1.807, 2.05) is 0 Å². The molecule has 0 N–H and O–H groups in total. The lowest BCUT2D eigenvalue weighted by Gasteiger charge is -2.30. The molecule has 6 heteroatoms. The maximum absolute atomic E-state index is 12.1. The van der Waals surface area contributed by atoms with Gasteiger partial charge in [-0.15, -0.1) is 0 Å². The van der Waals surface area contributed by atoms with E-state index < -0.39 is 0 Å². The number of hydrogen-bond donors (Lipinski definition) is 0. The minimum Gasteiger partial charge on any atom is -0.493 e. The van der Waals surface area contributed by atoms with E-state index in [4.69, 9.17) is 9.47 Å². The normalized spacial score (nSPS) is 18.1. The van der Waals surface area contributed by atoms with E-state index in [-0.39, 0.29) is 5.97 Å². The van der Waals surface area contributed by atoms with Crippen LogP contribution in [0.25, 0.3) is 0 Å². The number of benzene rings is 2. The van der Waals surface area contributed by atoms with Gasteiger partial charge in [-0.3, -0.25) is 4.98 Å². The Balaban J connectivity index is 1.27. The molecule has 0 radical (unpaired) electrons. The number of ether oxygens (including phenoxy) is 2. The molecule has 2 aliphatic rings. The van der Waals surface area contributed by atoms with Crippen molar-refractivity contribution in [2.75, 3.05) is 45.8 Å². The standard InChI is InChI=1S/C31H37N3O3/c1-33-17-13-23(14-18-33)22-6-8-26(9-7-22)34(2)27-10-11-28-24(15-19-37-30(28)20-27)4-5-25-21-32-16-12-29(25)31(35)36-3/h6-12,16,20-21,23-24H,4-5,13-15,17-19H2,1-3H3/t24-/m1/s1. The predicted octanol–water partition coefficient (Wildman–Crippen LogP) is 5.94. The number of carbonyl (C=O) groups is 1. The van der Waals surface area contributed by atoms with Crippen molar-refractivity contribution in [3.8, 4) is 5.75 Å². The molecule has 2 aromatic carbocycles. The number of anilines is 2. The van der Waals surface area contributed by atoms with Gasteiger partial charge in [-0.25, -0.2) is 4.79 Å². The number of rotatable bonds is 7. The van der Waals surface area contributed by atoms with E-state index in [2.05, 4.69) is 71.3 Å². The molecule has 0 amide bonds. The van der Waals surface area contributed by atoms with Crippen molar-refractivity contribution in [2.24, 2.45) is 0 Å². The molecule has 37 heavy (non-hydrogen) atoms. The van der Waals surface area contributed by atoms with Gasteiger partial charge in [0.25, 0.3) is 0 Å². The Bertz CT molecular complexity index is 1220. The first-order valence-corrected chi connectivity index (χ1v) is 13.3. The van der Waals surface area contributed by atoms with Crippen LogP contribution in [-0.2, 0) is 11.2 Å². The number of pyridine rings is 1. The fourth-order valence-electron chi connectivity index (χ4n) is 5.69. The summed E-state index contributed by atoms with van der Waals surface area (Å²) in [5.41, 5.74) is 6.52. The summed E-state index contributed by atoms with van der Waals surface area (Å²) >= 11 is 0. The number of aromatic nitrogens is 1. The smallest absolute Gasteiger partial charge is 0.338 e. The molecule has 1 atom stereocenters. The molecule has 0 aliphatic carbocycles. The number of hydrogen-bond acceptors (Lipinski definition) is 6. The van der Waals surface area contributed by atoms with Crippen molar-refractivity contribution in [1.82, 2.24) is 9.88 Å². The van der Waals surface area contributed by atoms with E-state index in [1.165, 1.54) is 49.9 Å². The van der Waals surface area contributed by atoms with Crippen LogP contribution in [0.3, 0.4) is 0 Å². The summed E-state index contributed by atoms with van der Waals surface area (Å²) in [6.45, 7) is 3.06. The first-order chi connectivity index (χ1) is 18.0. The highest BCUT2D eigenvalue weighted by atomic mass is 16.5. The average molecular weight is 500 g/mol. The van der Waals surface area contributed by atoms with Crippen LogP contribution in [0.2, 0.25) is 0 Å². The van der Waals surface area contributed by atoms with E-state index in [1.54, 1.807) is 18.5 Å². The molecule has 194 valence electrons. The van der Waals surface area contributed by atoms with Crippen LogP contribution < -0.4 is 9.64 Å². The van der Waals surface area contributed by atoms with Crippen LogP contribution in [0.5, 0.6) is 5.75 Å². The van der Waals surface area contributed by atoms with Gasteiger partial charge in [0.05, 0.1) is 19.3 Å². The van der Waals surface area contributed by atoms with E-state index >= 15 is 0 Å². The Hall–Kier alpha value is -3.38.